The Morgan fingerprint density at radius 1 is 1.33 bits per heavy atom. The summed E-state index contributed by atoms with van der Waals surface area (Å²) in [5.41, 5.74) is 5.71. The summed E-state index contributed by atoms with van der Waals surface area (Å²) < 4.78 is 31.0. The third-order valence-electron chi connectivity index (χ3n) is 3.09. The van der Waals surface area contributed by atoms with E-state index in [0.717, 1.165) is 12.8 Å². The van der Waals surface area contributed by atoms with Gasteiger partial charge in [0.2, 0.25) is 10.0 Å². The second kappa shape index (κ2) is 4.37. The van der Waals surface area contributed by atoms with Crippen LogP contribution in [0.3, 0.4) is 0 Å². The van der Waals surface area contributed by atoms with Crippen molar-refractivity contribution in [2.24, 2.45) is 5.73 Å². The van der Waals surface area contributed by atoms with Crippen LogP contribution in [0.1, 0.15) is 19.3 Å². The standard InChI is InChI=1S/C9H18N2O3S/c10-8-3-4-11(6-8)15(12,13)9-2-1-5-14-7-9/h8-9H,1-7,10H2/t8-,9+/m1/s1. The van der Waals surface area contributed by atoms with Gasteiger partial charge in [0.15, 0.2) is 0 Å². The number of hydrogen-bond donors (Lipinski definition) is 1. The number of hydrogen-bond acceptors (Lipinski definition) is 4. The van der Waals surface area contributed by atoms with Gasteiger partial charge >= 0.3 is 0 Å². The lowest BCUT2D eigenvalue weighted by Crippen LogP contribution is -2.42. The molecule has 0 aliphatic carbocycles. The molecule has 2 saturated heterocycles. The summed E-state index contributed by atoms with van der Waals surface area (Å²) in [4.78, 5) is 0. The van der Waals surface area contributed by atoms with E-state index >= 15 is 0 Å². The molecule has 5 nitrogen and oxygen atoms in total. The van der Waals surface area contributed by atoms with Crippen molar-refractivity contribution in [3.05, 3.63) is 0 Å². The highest BCUT2D eigenvalue weighted by atomic mass is 32.2. The number of ether oxygens (including phenoxy) is 1. The monoisotopic (exact) mass is 234 g/mol. The summed E-state index contributed by atoms with van der Waals surface area (Å²) in [5, 5.41) is -0.350. The first-order valence-electron chi connectivity index (χ1n) is 5.43. The van der Waals surface area contributed by atoms with Crippen molar-refractivity contribution in [1.82, 2.24) is 4.31 Å². The summed E-state index contributed by atoms with van der Waals surface area (Å²) in [7, 11) is -3.17. The topological polar surface area (TPSA) is 72.6 Å². The minimum absolute atomic E-state index is 0.00397. The highest BCUT2D eigenvalue weighted by molar-refractivity contribution is 7.89. The molecular weight excluding hydrogens is 216 g/mol. The molecule has 2 aliphatic heterocycles. The quantitative estimate of drug-likeness (QED) is 0.701. The Morgan fingerprint density at radius 3 is 2.67 bits per heavy atom. The molecule has 2 fully saturated rings. The lowest BCUT2D eigenvalue weighted by molar-refractivity contribution is 0.0977. The van der Waals surface area contributed by atoms with Crippen LogP contribution in [0, 0.1) is 0 Å². The van der Waals surface area contributed by atoms with E-state index in [0.29, 0.717) is 32.7 Å². The maximum absolute atomic E-state index is 12.1. The maximum atomic E-state index is 12.1. The second-order valence-electron chi connectivity index (χ2n) is 4.29. The molecule has 0 unspecified atom stereocenters. The van der Waals surface area contributed by atoms with Crippen molar-refractivity contribution in [3.63, 3.8) is 0 Å². The van der Waals surface area contributed by atoms with Gasteiger partial charge in [0.05, 0.1) is 11.9 Å². The zero-order chi connectivity index (χ0) is 10.9. The Balaban J connectivity index is 2.05. The summed E-state index contributed by atoms with van der Waals surface area (Å²) in [5.74, 6) is 0. The molecule has 0 saturated carbocycles. The molecule has 2 atom stereocenters. The maximum Gasteiger partial charge on any atom is 0.219 e. The van der Waals surface area contributed by atoms with Crippen molar-refractivity contribution in [2.75, 3.05) is 26.3 Å². The van der Waals surface area contributed by atoms with Gasteiger partial charge in [-0.05, 0) is 19.3 Å². The Bertz CT molecular complexity index is 301. The zero-order valence-corrected chi connectivity index (χ0v) is 9.58. The van der Waals surface area contributed by atoms with E-state index in [1.807, 2.05) is 0 Å². The van der Waals surface area contributed by atoms with Crippen LogP contribution in [0.15, 0.2) is 0 Å². The molecule has 88 valence electrons. The van der Waals surface area contributed by atoms with Gasteiger partial charge in [0.1, 0.15) is 0 Å². The van der Waals surface area contributed by atoms with Crippen LogP contribution in [0.5, 0.6) is 0 Å². The third kappa shape index (κ3) is 2.33. The molecule has 2 aliphatic rings. The highest BCUT2D eigenvalue weighted by Gasteiger charge is 2.36. The van der Waals surface area contributed by atoms with Crippen molar-refractivity contribution in [3.8, 4) is 0 Å². The molecule has 6 heteroatoms. The molecule has 0 spiro atoms. The first-order chi connectivity index (χ1) is 7.10. The third-order valence-corrected chi connectivity index (χ3v) is 5.35. The molecule has 0 aromatic heterocycles. The average molecular weight is 234 g/mol. The van der Waals surface area contributed by atoms with Crippen molar-refractivity contribution >= 4 is 10.0 Å². The van der Waals surface area contributed by atoms with Crippen LogP contribution in [0.2, 0.25) is 0 Å². The molecule has 0 radical (unpaired) electrons. The number of nitrogens with two attached hydrogens (primary N) is 1. The highest BCUT2D eigenvalue weighted by Crippen LogP contribution is 2.21. The number of rotatable bonds is 2. The van der Waals surface area contributed by atoms with Gasteiger partial charge in [-0.2, -0.15) is 4.31 Å². The van der Waals surface area contributed by atoms with Crippen molar-refractivity contribution in [2.45, 2.75) is 30.6 Å². The molecule has 2 heterocycles. The molecule has 15 heavy (non-hydrogen) atoms. The van der Waals surface area contributed by atoms with E-state index in [1.165, 1.54) is 4.31 Å². The summed E-state index contributed by atoms with van der Waals surface area (Å²) >= 11 is 0. The molecule has 0 aromatic carbocycles. The number of nitrogens with zero attached hydrogens (tertiary/aromatic N) is 1. The van der Waals surface area contributed by atoms with Gasteiger partial charge in [-0.25, -0.2) is 8.42 Å². The summed E-state index contributed by atoms with van der Waals surface area (Å²) in [6.45, 7) is 2.07. The lowest BCUT2D eigenvalue weighted by atomic mass is 10.2. The fraction of sp³-hybridized carbons (Fsp3) is 1.00. The van der Waals surface area contributed by atoms with Gasteiger partial charge in [-0.3, -0.25) is 0 Å². The van der Waals surface area contributed by atoms with Gasteiger partial charge in [-0.15, -0.1) is 0 Å². The van der Waals surface area contributed by atoms with Gasteiger partial charge in [-0.1, -0.05) is 0 Å². The Morgan fingerprint density at radius 2 is 2.13 bits per heavy atom. The molecule has 0 amide bonds. The lowest BCUT2D eigenvalue weighted by Gasteiger charge is -2.26. The second-order valence-corrected chi connectivity index (χ2v) is 6.50. The van der Waals surface area contributed by atoms with E-state index in [2.05, 4.69) is 0 Å². The normalized spacial score (nSPS) is 34.5. The van der Waals surface area contributed by atoms with Crippen LogP contribution in [0.4, 0.5) is 0 Å². The van der Waals surface area contributed by atoms with E-state index in [4.69, 9.17) is 10.5 Å². The fourth-order valence-electron chi connectivity index (χ4n) is 2.14. The first kappa shape index (κ1) is 11.3. The molecule has 0 bridgehead atoms. The van der Waals surface area contributed by atoms with Crippen LogP contribution in [-0.2, 0) is 14.8 Å². The van der Waals surface area contributed by atoms with E-state index in [9.17, 15) is 8.42 Å². The minimum atomic E-state index is -3.17. The smallest absolute Gasteiger partial charge is 0.219 e. The SMILES string of the molecule is N[C@@H]1CCN(S(=O)(=O)[C@H]2CCCOC2)C1. The predicted molar refractivity (Wildman–Crippen MR) is 56.9 cm³/mol. The van der Waals surface area contributed by atoms with Crippen molar-refractivity contribution < 1.29 is 13.2 Å². The van der Waals surface area contributed by atoms with Crippen LogP contribution in [0.25, 0.3) is 0 Å². The van der Waals surface area contributed by atoms with Crippen LogP contribution < -0.4 is 5.73 Å². The molecule has 2 N–H and O–H groups in total. The Kier molecular flexibility index (Phi) is 3.30. The Labute approximate surface area is 90.6 Å². The summed E-state index contributed by atoms with van der Waals surface area (Å²) in [6, 6.07) is 0.00397. The van der Waals surface area contributed by atoms with Crippen LogP contribution >= 0.6 is 0 Å². The largest absolute Gasteiger partial charge is 0.380 e. The van der Waals surface area contributed by atoms with E-state index in [-0.39, 0.29) is 11.3 Å². The van der Waals surface area contributed by atoms with Crippen LogP contribution in [-0.4, -0.2) is 50.3 Å². The van der Waals surface area contributed by atoms with E-state index in [1.54, 1.807) is 0 Å². The number of sulfonamides is 1. The van der Waals surface area contributed by atoms with Gasteiger partial charge in [0.25, 0.3) is 0 Å². The zero-order valence-electron chi connectivity index (χ0n) is 8.76. The average Bonchev–Trinajstić information content (AvgIpc) is 2.67. The summed E-state index contributed by atoms with van der Waals surface area (Å²) in [6.07, 6.45) is 2.32. The molecule has 2 rings (SSSR count). The first-order valence-corrected chi connectivity index (χ1v) is 6.93. The van der Waals surface area contributed by atoms with E-state index < -0.39 is 10.0 Å². The van der Waals surface area contributed by atoms with Gasteiger partial charge < -0.3 is 10.5 Å². The minimum Gasteiger partial charge on any atom is -0.380 e. The predicted octanol–water partition coefficient (Wildman–Crippen LogP) is -0.472. The fourth-order valence-corrected chi connectivity index (χ4v) is 4.06. The molecular formula is C9H18N2O3S. The van der Waals surface area contributed by atoms with Gasteiger partial charge in [0, 0.05) is 25.7 Å². The molecule has 0 aromatic rings. The Hall–Kier alpha value is -0.170. The van der Waals surface area contributed by atoms with Crippen molar-refractivity contribution in [1.29, 1.82) is 0 Å².